The van der Waals surface area contributed by atoms with Crippen LogP contribution in [0.25, 0.3) is 0 Å². The fraction of sp³-hybridized carbons (Fsp3) is 0.833. The molecular formula is C18H36IN5O3. The average molecular weight is 497 g/mol. The molecule has 1 rings (SSSR count). The Labute approximate surface area is 180 Å². The number of likely N-dealkylation sites (tertiary alicyclic amines) is 1. The lowest BCUT2D eigenvalue weighted by atomic mass is 9.93. The van der Waals surface area contributed by atoms with Gasteiger partial charge in [0, 0.05) is 26.7 Å². The van der Waals surface area contributed by atoms with E-state index in [0.29, 0.717) is 13.1 Å². The highest BCUT2D eigenvalue weighted by Crippen LogP contribution is 2.17. The van der Waals surface area contributed by atoms with E-state index < -0.39 is 17.1 Å². The van der Waals surface area contributed by atoms with Crippen molar-refractivity contribution in [3.8, 4) is 0 Å². The smallest absolute Gasteiger partial charge is 0.407 e. The van der Waals surface area contributed by atoms with Gasteiger partial charge in [0.2, 0.25) is 5.91 Å². The number of hydrogen-bond donors (Lipinski definition) is 3. The molecule has 0 bridgehead atoms. The van der Waals surface area contributed by atoms with Gasteiger partial charge in [0.15, 0.2) is 5.96 Å². The number of carbonyl (C=O) groups is 2. The van der Waals surface area contributed by atoms with Crippen LogP contribution in [0.4, 0.5) is 4.79 Å². The maximum Gasteiger partial charge on any atom is 0.407 e. The molecule has 1 fully saturated rings. The third-order valence-corrected chi connectivity index (χ3v) is 4.01. The quantitative estimate of drug-likeness (QED) is 0.307. The molecule has 1 unspecified atom stereocenters. The number of halogens is 1. The van der Waals surface area contributed by atoms with Crippen molar-refractivity contribution in [2.24, 2.45) is 10.4 Å². The predicted octanol–water partition coefficient (Wildman–Crippen LogP) is 1.94. The third-order valence-electron chi connectivity index (χ3n) is 4.01. The van der Waals surface area contributed by atoms with Gasteiger partial charge in [0.1, 0.15) is 5.60 Å². The fourth-order valence-corrected chi connectivity index (χ4v) is 2.65. The van der Waals surface area contributed by atoms with Crippen LogP contribution >= 0.6 is 24.0 Å². The average Bonchev–Trinajstić information content (AvgIpc) is 2.96. The Morgan fingerprint density at radius 2 is 1.85 bits per heavy atom. The summed E-state index contributed by atoms with van der Waals surface area (Å²) in [5, 5.41) is 8.85. The molecule has 3 N–H and O–H groups in total. The van der Waals surface area contributed by atoms with Crippen LogP contribution in [0, 0.1) is 5.41 Å². The van der Waals surface area contributed by atoms with Gasteiger partial charge in [0.05, 0.1) is 18.0 Å². The summed E-state index contributed by atoms with van der Waals surface area (Å²) in [6.45, 7) is 13.8. The third kappa shape index (κ3) is 8.98. The molecule has 0 aromatic heterocycles. The minimum absolute atomic E-state index is 0. The summed E-state index contributed by atoms with van der Waals surface area (Å²) in [5.74, 6) is 0.723. The zero-order valence-corrected chi connectivity index (χ0v) is 20.0. The molecule has 8 nitrogen and oxygen atoms in total. The lowest BCUT2D eigenvalue weighted by molar-refractivity contribution is -0.128. The number of rotatable bonds is 5. The summed E-state index contributed by atoms with van der Waals surface area (Å²) >= 11 is 0. The summed E-state index contributed by atoms with van der Waals surface area (Å²) in [7, 11) is 1.63. The number of carbonyl (C=O) groups excluding carboxylic acids is 2. The summed E-state index contributed by atoms with van der Waals surface area (Å²) < 4.78 is 5.31. The van der Waals surface area contributed by atoms with E-state index in [0.717, 1.165) is 25.5 Å². The van der Waals surface area contributed by atoms with Gasteiger partial charge in [-0.25, -0.2) is 4.79 Å². The Hall–Kier alpha value is -1.26. The second kappa shape index (κ2) is 10.9. The summed E-state index contributed by atoms with van der Waals surface area (Å²) in [5.41, 5.74) is -1.09. The van der Waals surface area contributed by atoms with E-state index in [-0.39, 0.29) is 35.9 Å². The number of amides is 2. The van der Waals surface area contributed by atoms with E-state index in [1.807, 2.05) is 41.5 Å². The fourth-order valence-electron chi connectivity index (χ4n) is 2.65. The molecule has 0 aliphatic carbocycles. The Bertz CT molecular complexity index is 532. The predicted molar refractivity (Wildman–Crippen MR) is 119 cm³/mol. The molecule has 0 saturated carbocycles. The number of hydrogen-bond acceptors (Lipinski definition) is 4. The van der Waals surface area contributed by atoms with Crippen molar-refractivity contribution in [1.82, 2.24) is 20.9 Å². The Morgan fingerprint density at radius 3 is 2.37 bits per heavy atom. The zero-order chi connectivity index (χ0) is 20.0. The van der Waals surface area contributed by atoms with Gasteiger partial charge >= 0.3 is 6.09 Å². The monoisotopic (exact) mass is 497 g/mol. The van der Waals surface area contributed by atoms with Crippen LogP contribution in [0.3, 0.4) is 0 Å². The molecule has 0 aromatic rings. The van der Waals surface area contributed by atoms with Crippen LogP contribution in [0.1, 0.15) is 48.0 Å². The SMILES string of the molecule is CCNC(=NCC(C)(C)C(=O)NC)N1CCC(NC(=O)OC(C)(C)C)C1.I. The normalized spacial score (nSPS) is 17.8. The van der Waals surface area contributed by atoms with Crippen LogP contribution in [-0.4, -0.2) is 67.7 Å². The van der Waals surface area contributed by atoms with E-state index >= 15 is 0 Å². The van der Waals surface area contributed by atoms with Crippen LogP contribution in [0.15, 0.2) is 4.99 Å². The number of nitrogens with one attached hydrogen (secondary N) is 3. The highest BCUT2D eigenvalue weighted by molar-refractivity contribution is 14.0. The van der Waals surface area contributed by atoms with Gasteiger partial charge < -0.3 is 25.6 Å². The van der Waals surface area contributed by atoms with E-state index in [9.17, 15) is 9.59 Å². The lowest BCUT2D eigenvalue weighted by Crippen LogP contribution is -2.45. The largest absolute Gasteiger partial charge is 0.444 e. The highest BCUT2D eigenvalue weighted by atomic mass is 127. The summed E-state index contributed by atoms with van der Waals surface area (Å²) in [6.07, 6.45) is 0.426. The lowest BCUT2D eigenvalue weighted by Gasteiger charge is -2.25. The van der Waals surface area contributed by atoms with Gasteiger partial charge in [-0.1, -0.05) is 0 Å². The first kappa shape index (κ1) is 25.7. The Morgan fingerprint density at radius 1 is 1.22 bits per heavy atom. The molecular weight excluding hydrogens is 461 g/mol. The highest BCUT2D eigenvalue weighted by Gasteiger charge is 2.30. The molecule has 1 aliphatic rings. The van der Waals surface area contributed by atoms with Crippen LogP contribution in [0.5, 0.6) is 0 Å². The van der Waals surface area contributed by atoms with Crippen molar-refractivity contribution >= 4 is 41.9 Å². The van der Waals surface area contributed by atoms with Crippen molar-refractivity contribution in [3.63, 3.8) is 0 Å². The molecule has 158 valence electrons. The molecule has 0 radical (unpaired) electrons. The molecule has 9 heteroatoms. The second-order valence-corrected chi connectivity index (χ2v) is 8.21. The first-order valence-electron chi connectivity index (χ1n) is 9.23. The van der Waals surface area contributed by atoms with Crippen molar-refractivity contribution in [2.45, 2.75) is 59.6 Å². The molecule has 1 atom stereocenters. The van der Waals surface area contributed by atoms with E-state index in [4.69, 9.17) is 4.74 Å². The number of nitrogens with zero attached hydrogens (tertiary/aromatic N) is 2. The standard InChI is InChI=1S/C18H35N5O3.HI/c1-8-20-15(21-12-18(5,6)14(24)19-7)23-10-9-13(11-23)22-16(25)26-17(2,3)4;/h13H,8-12H2,1-7H3,(H,19,24)(H,20,21)(H,22,25);1H. The van der Waals surface area contributed by atoms with Gasteiger partial charge in [-0.05, 0) is 48.0 Å². The maximum absolute atomic E-state index is 11.9. The zero-order valence-electron chi connectivity index (χ0n) is 17.6. The van der Waals surface area contributed by atoms with Gasteiger partial charge in [0.25, 0.3) is 0 Å². The molecule has 2 amide bonds. The van der Waals surface area contributed by atoms with Gasteiger partial charge in [-0.2, -0.15) is 0 Å². The van der Waals surface area contributed by atoms with Crippen molar-refractivity contribution in [1.29, 1.82) is 0 Å². The number of alkyl carbamates (subject to hydrolysis) is 1. The topological polar surface area (TPSA) is 95.1 Å². The molecule has 27 heavy (non-hydrogen) atoms. The minimum atomic E-state index is -0.580. The van der Waals surface area contributed by atoms with Crippen LogP contribution in [0.2, 0.25) is 0 Å². The molecule has 1 aliphatic heterocycles. The maximum atomic E-state index is 11.9. The summed E-state index contributed by atoms with van der Waals surface area (Å²) in [6, 6.07) is 0.0145. The molecule has 1 heterocycles. The van der Waals surface area contributed by atoms with Gasteiger partial charge in [-0.15, -0.1) is 24.0 Å². The van der Waals surface area contributed by atoms with Crippen molar-refractivity contribution in [3.05, 3.63) is 0 Å². The minimum Gasteiger partial charge on any atom is -0.444 e. The van der Waals surface area contributed by atoms with E-state index in [1.54, 1.807) is 7.05 Å². The van der Waals surface area contributed by atoms with Gasteiger partial charge in [-0.3, -0.25) is 9.79 Å². The van der Waals surface area contributed by atoms with E-state index in [2.05, 4.69) is 25.8 Å². The first-order chi connectivity index (χ1) is 12.0. The molecule has 0 aromatic carbocycles. The van der Waals surface area contributed by atoms with E-state index in [1.165, 1.54) is 0 Å². The number of guanidine groups is 1. The second-order valence-electron chi connectivity index (χ2n) is 8.21. The van der Waals surface area contributed by atoms with Crippen molar-refractivity contribution < 1.29 is 14.3 Å². The van der Waals surface area contributed by atoms with Crippen molar-refractivity contribution in [2.75, 3.05) is 33.2 Å². The van der Waals surface area contributed by atoms with Crippen LogP contribution in [-0.2, 0) is 9.53 Å². The Balaban J connectivity index is 0.00000676. The first-order valence-corrected chi connectivity index (χ1v) is 9.23. The number of aliphatic imine (C=N–C) groups is 1. The van der Waals surface area contributed by atoms with Crippen LogP contribution < -0.4 is 16.0 Å². The molecule has 0 spiro atoms. The Kier molecular flexibility index (Phi) is 10.4. The summed E-state index contributed by atoms with van der Waals surface area (Å²) in [4.78, 5) is 30.6. The molecule has 1 saturated heterocycles. The number of ether oxygens (including phenoxy) is 1.